The molecule has 42 heavy (non-hydrogen) atoms. The largest absolute Gasteiger partial charge is 0.491 e. The van der Waals surface area contributed by atoms with Crippen molar-refractivity contribution in [2.75, 3.05) is 13.2 Å². The van der Waals surface area contributed by atoms with Crippen molar-refractivity contribution < 1.29 is 33.4 Å². The lowest BCUT2D eigenvalue weighted by atomic mass is 9.97. The van der Waals surface area contributed by atoms with E-state index in [-0.39, 0.29) is 11.9 Å². The molecule has 3 aromatic carbocycles. The first kappa shape index (κ1) is 29.2. The fraction of sp³-hybridized carbons (Fsp3) is 0.333. The number of hydrogen-bond acceptors (Lipinski definition) is 8. The maximum absolute atomic E-state index is 13.7. The minimum absolute atomic E-state index is 0.0855. The number of fused-ring (bicyclic) bond motifs is 3. The quantitative estimate of drug-likeness (QED) is 0.0831. The smallest absolute Gasteiger partial charge is 0.400 e. The minimum atomic E-state index is -1.02. The Morgan fingerprint density at radius 2 is 1.64 bits per heavy atom. The lowest BCUT2D eigenvalue weighted by molar-refractivity contribution is -0.152. The summed E-state index contributed by atoms with van der Waals surface area (Å²) in [6, 6.07) is 17.0. The van der Waals surface area contributed by atoms with Gasteiger partial charge in [0.15, 0.2) is 11.6 Å². The zero-order valence-corrected chi connectivity index (χ0v) is 24.6. The average Bonchev–Trinajstić information content (AvgIpc) is 3.48. The summed E-state index contributed by atoms with van der Waals surface area (Å²) in [6.45, 7) is 12.1. The van der Waals surface area contributed by atoms with Crippen LogP contribution in [0.3, 0.4) is 0 Å². The summed E-state index contributed by atoms with van der Waals surface area (Å²) in [5.41, 5.74) is 5.16. The maximum Gasteiger partial charge on any atom is 0.400 e. The SMILES string of the molecule is CCn1c2ccc(C(=O)c3ccc(OCC4COC(C)(C)O4)cc3C)cc2c2cc(/C(C)=N\OC(=O)C(C)=O)ccc21. The number of aryl methyl sites for hydroxylation is 2. The van der Waals surface area contributed by atoms with E-state index in [4.69, 9.17) is 19.0 Å². The van der Waals surface area contributed by atoms with E-state index in [9.17, 15) is 14.4 Å². The molecule has 0 spiro atoms. The van der Waals surface area contributed by atoms with Gasteiger partial charge in [0.05, 0.1) is 12.3 Å². The molecule has 0 bridgehead atoms. The molecule has 2 heterocycles. The predicted octanol–water partition coefficient (Wildman–Crippen LogP) is 5.74. The molecule has 1 fully saturated rings. The first-order chi connectivity index (χ1) is 20.0. The third-order valence-corrected chi connectivity index (χ3v) is 7.36. The summed E-state index contributed by atoms with van der Waals surface area (Å²) in [5.74, 6) is -1.77. The van der Waals surface area contributed by atoms with Gasteiger partial charge in [-0.1, -0.05) is 11.2 Å². The van der Waals surface area contributed by atoms with Crippen LogP contribution in [0.5, 0.6) is 5.75 Å². The zero-order valence-electron chi connectivity index (χ0n) is 24.6. The van der Waals surface area contributed by atoms with Crippen molar-refractivity contribution in [1.82, 2.24) is 4.57 Å². The maximum atomic E-state index is 13.7. The summed E-state index contributed by atoms with van der Waals surface area (Å²) in [5, 5.41) is 5.70. The van der Waals surface area contributed by atoms with Crippen molar-refractivity contribution in [2.45, 2.75) is 60.0 Å². The fourth-order valence-electron chi connectivity index (χ4n) is 5.21. The lowest BCUT2D eigenvalue weighted by Crippen LogP contribution is -2.25. The number of nitrogens with zero attached hydrogens (tertiary/aromatic N) is 2. The van der Waals surface area contributed by atoms with Crippen LogP contribution in [0.4, 0.5) is 0 Å². The first-order valence-electron chi connectivity index (χ1n) is 13.9. The number of aromatic nitrogens is 1. The van der Waals surface area contributed by atoms with E-state index in [1.54, 1.807) is 19.1 Å². The summed E-state index contributed by atoms with van der Waals surface area (Å²) in [7, 11) is 0. The Kier molecular flexibility index (Phi) is 7.99. The van der Waals surface area contributed by atoms with Gasteiger partial charge in [-0.25, -0.2) is 4.79 Å². The summed E-state index contributed by atoms with van der Waals surface area (Å²) < 4.78 is 19.5. The van der Waals surface area contributed by atoms with Crippen LogP contribution in [0.25, 0.3) is 21.8 Å². The standard InChI is InChI=1S/C33H34N2O7/c1-7-35-29-12-8-22(20(3)34-42-32(38)21(4)36)15-27(29)28-16-23(9-13-30(28)35)31(37)26-11-10-24(14-19(26)2)39-17-25-18-40-33(5,6)41-25/h8-16,25H,7,17-18H2,1-6H3/b34-20-. The van der Waals surface area contributed by atoms with Crippen LogP contribution in [-0.4, -0.2) is 52.9 Å². The Bertz CT molecular complexity index is 1750. The van der Waals surface area contributed by atoms with Gasteiger partial charge in [0.1, 0.15) is 18.5 Å². The number of Topliss-reactive ketones (excluding diaryl/α,β-unsaturated/α-hetero) is 1. The van der Waals surface area contributed by atoms with Gasteiger partial charge in [-0.2, -0.15) is 0 Å². The van der Waals surface area contributed by atoms with E-state index in [2.05, 4.69) is 16.6 Å². The van der Waals surface area contributed by atoms with Crippen LogP contribution in [0.15, 0.2) is 59.8 Å². The van der Waals surface area contributed by atoms with Crippen LogP contribution in [-0.2, 0) is 30.4 Å². The number of ether oxygens (including phenoxy) is 3. The van der Waals surface area contributed by atoms with Gasteiger partial charge in [0.2, 0.25) is 5.78 Å². The molecule has 9 heteroatoms. The van der Waals surface area contributed by atoms with Crippen molar-refractivity contribution in [1.29, 1.82) is 0 Å². The molecule has 1 saturated heterocycles. The number of hydrogen-bond donors (Lipinski definition) is 0. The second-order valence-corrected chi connectivity index (χ2v) is 10.9. The molecule has 5 rings (SSSR count). The van der Waals surface area contributed by atoms with Gasteiger partial charge < -0.3 is 23.6 Å². The van der Waals surface area contributed by atoms with Crippen LogP contribution < -0.4 is 4.74 Å². The number of carbonyl (C=O) groups is 3. The highest BCUT2D eigenvalue weighted by Gasteiger charge is 2.33. The van der Waals surface area contributed by atoms with Crippen LogP contribution in [0.2, 0.25) is 0 Å². The monoisotopic (exact) mass is 570 g/mol. The van der Waals surface area contributed by atoms with Crippen molar-refractivity contribution in [3.05, 3.63) is 76.9 Å². The van der Waals surface area contributed by atoms with Crippen LogP contribution in [0, 0.1) is 6.92 Å². The molecule has 218 valence electrons. The highest BCUT2D eigenvalue weighted by atomic mass is 16.7. The van der Waals surface area contributed by atoms with Gasteiger partial charge in [-0.05, 0) is 94.3 Å². The van der Waals surface area contributed by atoms with Gasteiger partial charge in [0, 0.05) is 46.4 Å². The lowest BCUT2D eigenvalue weighted by Gasteiger charge is -2.17. The summed E-state index contributed by atoms with van der Waals surface area (Å²) in [4.78, 5) is 41.1. The Balaban J connectivity index is 1.43. The molecule has 0 amide bonds. The van der Waals surface area contributed by atoms with E-state index in [0.717, 1.165) is 46.4 Å². The Labute approximate surface area is 244 Å². The minimum Gasteiger partial charge on any atom is -0.491 e. The van der Waals surface area contributed by atoms with E-state index >= 15 is 0 Å². The van der Waals surface area contributed by atoms with Gasteiger partial charge >= 0.3 is 5.97 Å². The number of rotatable bonds is 9. The van der Waals surface area contributed by atoms with Crippen molar-refractivity contribution in [3.63, 3.8) is 0 Å². The normalized spacial score (nSPS) is 16.6. The molecule has 0 radical (unpaired) electrons. The third-order valence-electron chi connectivity index (χ3n) is 7.36. The molecule has 0 N–H and O–H groups in total. The Morgan fingerprint density at radius 1 is 0.976 bits per heavy atom. The molecule has 1 atom stereocenters. The highest BCUT2D eigenvalue weighted by Crippen LogP contribution is 2.32. The third kappa shape index (κ3) is 5.84. The molecule has 1 aromatic heterocycles. The van der Waals surface area contributed by atoms with E-state index in [1.165, 1.54) is 0 Å². The van der Waals surface area contributed by atoms with Crippen LogP contribution >= 0.6 is 0 Å². The Hall–Kier alpha value is -4.34. The fourth-order valence-corrected chi connectivity index (χ4v) is 5.21. The van der Waals surface area contributed by atoms with E-state index < -0.39 is 17.5 Å². The van der Waals surface area contributed by atoms with Crippen molar-refractivity contribution >= 4 is 45.1 Å². The second kappa shape index (κ2) is 11.5. The van der Waals surface area contributed by atoms with Gasteiger partial charge in [0.25, 0.3) is 0 Å². The number of benzene rings is 3. The first-order valence-corrected chi connectivity index (χ1v) is 13.9. The number of ketones is 2. The van der Waals surface area contributed by atoms with Crippen molar-refractivity contribution in [2.24, 2.45) is 5.16 Å². The molecule has 0 aliphatic carbocycles. The Morgan fingerprint density at radius 3 is 2.24 bits per heavy atom. The summed E-state index contributed by atoms with van der Waals surface area (Å²) in [6.07, 6.45) is -0.148. The summed E-state index contributed by atoms with van der Waals surface area (Å²) >= 11 is 0. The molecule has 0 saturated carbocycles. The van der Waals surface area contributed by atoms with E-state index in [1.807, 2.05) is 63.2 Å². The van der Waals surface area contributed by atoms with Crippen molar-refractivity contribution in [3.8, 4) is 5.75 Å². The molecular formula is C33H34N2O7. The van der Waals surface area contributed by atoms with Crippen LogP contribution in [0.1, 0.15) is 61.7 Å². The molecule has 9 nitrogen and oxygen atoms in total. The molecule has 4 aromatic rings. The second-order valence-electron chi connectivity index (χ2n) is 10.9. The highest BCUT2D eigenvalue weighted by molar-refractivity contribution is 6.32. The predicted molar refractivity (Wildman–Crippen MR) is 159 cm³/mol. The topological polar surface area (TPSA) is 105 Å². The van der Waals surface area contributed by atoms with E-state index in [0.29, 0.717) is 35.8 Å². The average molecular weight is 571 g/mol. The zero-order chi connectivity index (χ0) is 30.2. The van der Waals surface area contributed by atoms with Gasteiger partial charge in [-0.15, -0.1) is 0 Å². The molecule has 1 unspecified atom stereocenters. The van der Waals surface area contributed by atoms with Gasteiger partial charge in [-0.3, -0.25) is 9.59 Å². The molecular weight excluding hydrogens is 536 g/mol. The number of carbonyl (C=O) groups excluding carboxylic acids is 3. The number of oxime groups is 1. The molecule has 1 aliphatic heterocycles. The molecule has 1 aliphatic rings.